The minimum absolute atomic E-state index is 0.0886. The van der Waals surface area contributed by atoms with Crippen molar-refractivity contribution in [2.75, 3.05) is 27.9 Å². The summed E-state index contributed by atoms with van der Waals surface area (Å²) in [6.07, 6.45) is 6.54. The Morgan fingerprint density at radius 3 is 2.21 bits per heavy atom. The van der Waals surface area contributed by atoms with Crippen LogP contribution in [-0.2, 0) is 6.42 Å². The number of hydrogen-bond donors (Lipinski definition) is 2. The van der Waals surface area contributed by atoms with Crippen LogP contribution in [0.3, 0.4) is 0 Å². The number of urea groups is 1. The Morgan fingerprint density at radius 2 is 1.67 bits per heavy atom. The van der Waals surface area contributed by atoms with Gasteiger partial charge in [-0.15, -0.1) is 0 Å². The van der Waals surface area contributed by atoms with Gasteiger partial charge in [-0.1, -0.05) is 19.3 Å². The van der Waals surface area contributed by atoms with Gasteiger partial charge in [-0.25, -0.2) is 4.79 Å². The molecule has 0 spiro atoms. The molecule has 0 unspecified atom stereocenters. The zero-order valence-corrected chi connectivity index (χ0v) is 14.8. The van der Waals surface area contributed by atoms with Crippen molar-refractivity contribution in [1.29, 1.82) is 0 Å². The summed E-state index contributed by atoms with van der Waals surface area (Å²) < 4.78 is 16.0. The predicted molar refractivity (Wildman–Crippen MR) is 93.2 cm³/mol. The summed E-state index contributed by atoms with van der Waals surface area (Å²) in [6, 6.07) is 4.04. The minimum atomic E-state index is -0.0886. The van der Waals surface area contributed by atoms with Gasteiger partial charge in [0.2, 0.25) is 5.75 Å². The van der Waals surface area contributed by atoms with Crippen molar-refractivity contribution in [1.82, 2.24) is 10.6 Å². The molecule has 1 aliphatic rings. The molecule has 0 radical (unpaired) electrons. The normalized spacial score (nSPS) is 14.8. The van der Waals surface area contributed by atoms with Gasteiger partial charge in [0.15, 0.2) is 11.5 Å². The summed E-state index contributed by atoms with van der Waals surface area (Å²) in [7, 11) is 4.77. The topological polar surface area (TPSA) is 68.8 Å². The van der Waals surface area contributed by atoms with E-state index < -0.39 is 0 Å². The maximum atomic E-state index is 12.0. The van der Waals surface area contributed by atoms with E-state index >= 15 is 0 Å². The lowest BCUT2D eigenvalue weighted by atomic mass is 9.96. The molecule has 0 saturated heterocycles. The van der Waals surface area contributed by atoms with Gasteiger partial charge in [0.05, 0.1) is 21.3 Å². The lowest BCUT2D eigenvalue weighted by Crippen LogP contribution is -2.43. The van der Waals surface area contributed by atoms with E-state index in [1.807, 2.05) is 12.1 Å². The van der Waals surface area contributed by atoms with Crippen LogP contribution < -0.4 is 24.8 Å². The van der Waals surface area contributed by atoms with E-state index in [-0.39, 0.29) is 6.03 Å². The van der Waals surface area contributed by atoms with Crippen LogP contribution in [0.4, 0.5) is 4.79 Å². The third-order valence-electron chi connectivity index (χ3n) is 4.36. The number of amides is 2. The third kappa shape index (κ3) is 4.94. The molecule has 6 heteroatoms. The van der Waals surface area contributed by atoms with Crippen LogP contribution in [0.2, 0.25) is 0 Å². The van der Waals surface area contributed by atoms with Crippen molar-refractivity contribution in [2.24, 2.45) is 0 Å². The summed E-state index contributed by atoms with van der Waals surface area (Å²) in [5.41, 5.74) is 1.02. The molecule has 2 rings (SSSR count). The average Bonchev–Trinajstić information content (AvgIpc) is 2.61. The highest BCUT2D eigenvalue weighted by Crippen LogP contribution is 2.38. The SMILES string of the molecule is COc1cc(CCNC(=O)NC2CCCCC2)cc(OC)c1OC. The van der Waals surface area contributed by atoms with Gasteiger partial charge >= 0.3 is 6.03 Å². The molecule has 1 fully saturated rings. The van der Waals surface area contributed by atoms with E-state index in [2.05, 4.69) is 10.6 Å². The Morgan fingerprint density at radius 1 is 1.04 bits per heavy atom. The first-order valence-electron chi connectivity index (χ1n) is 8.51. The van der Waals surface area contributed by atoms with Crippen LogP contribution in [0.25, 0.3) is 0 Å². The van der Waals surface area contributed by atoms with Gasteiger partial charge in [0, 0.05) is 12.6 Å². The first-order chi connectivity index (χ1) is 11.7. The molecule has 6 nitrogen and oxygen atoms in total. The fraction of sp³-hybridized carbons (Fsp3) is 0.611. The number of ether oxygens (including phenoxy) is 3. The standard InChI is InChI=1S/C18H28N2O4/c1-22-15-11-13(12-16(23-2)17(15)24-3)9-10-19-18(21)20-14-7-5-4-6-8-14/h11-12,14H,4-10H2,1-3H3,(H2,19,20,21). The van der Waals surface area contributed by atoms with Crippen molar-refractivity contribution in [3.05, 3.63) is 17.7 Å². The van der Waals surface area contributed by atoms with Crippen LogP contribution in [0.1, 0.15) is 37.7 Å². The molecule has 1 aromatic carbocycles. The highest BCUT2D eigenvalue weighted by atomic mass is 16.5. The van der Waals surface area contributed by atoms with Gasteiger partial charge in [0.1, 0.15) is 0 Å². The molecular formula is C18H28N2O4. The van der Waals surface area contributed by atoms with Crippen molar-refractivity contribution >= 4 is 6.03 Å². The molecule has 1 saturated carbocycles. The van der Waals surface area contributed by atoms with Gasteiger partial charge < -0.3 is 24.8 Å². The van der Waals surface area contributed by atoms with Crippen molar-refractivity contribution in [2.45, 2.75) is 44.6 Å². The Balaban J connectivity index is 1.86. The summed E-state index contributed by atoms with van der Waals surface area (Å²) >= 11 is 0. The van der Waals surface area contributed by atoms with Crippen LogP contribution in [0, 0.1) is 0 Å². The molecule has 0 heterocycles. The zero-order valence-electron chi connectivity index (χ0n) is 14.8. The number of carbonyl (C=O) groups excluding carboxylic acids is 1. The molecular weight excluding hydrogens is 308 g/mol. The van der Waals surface area contributed by atoms with Crippen LogP contribution in [0.15, 0.2) is 12.1 Å². The second-order valence-electron chi connectivity index (χ2n) is 6.02. The zero-order chi connectivity index (χ0) is 17.4. The third-order valence-corrected chi connectivity index (χ3v) is 4.36. The number of carbonyl (C=O) groups is 1. The maximum Gasteiger partial charge on any atom is 0.315 e. The fourth-order valence-electron chi connectivity index (χ4n) is 3.08. The number of methoxy groups -OCH3 is 3. The largest absolute Gasteiger partial charge is 0.493 e. The molecule has 2 N–H and O–H groups in total. The smallest absolute Gasteiger partial charge is 0.315 e. The monoisotopic (exact) mass is 336 g/mol. The molecule has 0 aliphatic heterocycles. The molecule has 1 aromatic rings. The molecule has 0 aromatic heterocycles. The average molecular weight is 336 g/mol. The van der Waals surface area contributed by atoms with E-state index in [0.29, 0.717) is 36.3 Å². The molecule has 24 heavy (non-hydrogen) atoms. The quantitative estimate of drug-likeness (QED) is 0.803. The highest BCUT2D eigenvalue weighted by Gasteiger charge is 2.16. The number of benzene rings is 1. The van der Waals surface area contributed by atoms with Crippen LogP contribution in [-0.4, -0.2) is 39.9 Å². The Bertz CT molecular complexity index is 517. The second kappa shape index (κ2) is 9.25. The number of nitrogens with one attached hydrogen (secondary N) is 2. The van der Waals surface area contributed by atoms with Crippen molar-refractivity contribution in [3.63, 3.8) is 0 Å². The van der Waals surface area contributed by atoms with Gasteiger partial charge in [-0.05, 0) is 37.0 Å². The highest BCUT2D eigenvalue weighted by molar-refractivity contribution is 5.74. The number of hydrogen-bond acceptors (Lipinski definition) is 4. The number of rotatable bonds is 7. The molecule has 134 valence electrons. The van der Waals surface area contributed by atoms with E-state index in [1.165, 1.54) is 19.3 Å². The fourth-order valence-corrected chi connectivity index (χ4v) is 3.08. The lowest BCUT2D eigenvalue weighted by Gasteiger charge is -2.22. The minimum Gasteiger partial charge on any atom is -0.493 e. The summed E-state index contributed by atoms with van der Waals surface area (Å²) in [4.78, 5) is 12.0. The molecule has 1 aliphatic carbocycles. The molecule has 2 amide bonds. The maximum absolute atomic E-state index is 12.0. The lowest BCUT2D eigenvalue weighted by molar-refractivity contribution is 0.233. The Hall–Kier alpha value is -2.11. The summed E-state index contributed by atoms with van der Waals surface area (Å²) in [5.74, 6) is 1.82. The van der Waals surface area contributed by atoms with Gasteiger partial charge in [0.25, 0.3) is 0 Å². The molecule has 0 atom stereocenters. The van der Waals surface area contributed by atoms with E-state index in [4.69, 9.17) is 14.2 Å². The van der Waals surface area contributed by atoms with E-state index in [1.54, 1.807) is 21.3 Å². The van der Waals surface area contributed by atoms with Gasteiger partial charge in [-0.2, -0.15) is 0 Å². The summed E-state index contributed by atoms with van der Waals surface area (Å²) in [5, 5.41) is 5.97. The second-order valence-corrected chi connectivity index (χ2v) is 6.02. The van der Waals surface area contributed by atoms with Gasteiger partial charge in [-0.3, -0.25) is 0 Å². The van der Waals surface area contributed by atoms with Crippen LogP contribution >= 0.6 is 0 Å². The first-order valence-corrected chi connectivity index (χ1v) is 8.51. The van der Waals surface area contributed by atoms with Crippen molar-refractivity contribution in [3.8, 4) is 17.2 Å². The van der Waals surface area contributed by atoms with Crippen LogP contribution in [0.5, 0.6) is 17.2 Å². The van der Waals surface area contributed by atoms with Crippen molar-refractivity contribution < 1.29 is 19.0 Å². The summed E-state index contributed by atoms with van der Waals surface area (Å²) in [6.45, 7) is 0.553. The molecule has 0 bridgehead atoms. The van der Waals surface area contributed by atoms with E-state index in [9.17, 15) is 4.79 Å². The Labute approximate surface area is 143 Å². The first kappa shape index (κ1) is 18.2. The Kier molecular flexibility index (Phi) is 7.03. The van der Waals surface area contributed by atoms with E-state index in [0.717, 1.165) is 18.4 Å². The predicted octanol–water partition coefficient (Wildman–Crippen LogP) is 2.89.